The summed E-state index contributed by atoms with van der Waals surface area (Å²) < 4.78 is 33.5. The molecule has 2 aromatic rings. The van der Waals surface area contributed by atoms with Gasteiger partial charge in [0.15, 0.2) is 0 Å². The van der Waals surface area contributed by atoms with Gasteiger partial charge in [-0.1, -0.05) is 23.7 Å². The minimum Gasteiger partial charge on any atom is -0.469 e. The lowest BCUT2D eigenvalue weighted by Gasteiger charge is -2.29. The van der Waals surface area contributed by atoms with Gasteiger partial charge in [-0.2, -0.15) is 0 Å². The molecule has 1 atom stereocenters. The van der Waals surface area contributed by atoms with Crippen LogP contribution in [0.1, 0.15) is 36.9 Å². The Kier molecular flexibility index (Phi) is 6.80. The van der Waals surface area contributed by atoms with E-state index in [1.54, 1.807) is 41.3 Å². The van der Waals surface area contributed by atoms with Crippen LogP contribution in [0, 0.1) is 0 Å². The Morgan fingerprint density at radius 1 is 1.20 bits per heavy atom. The van der Waals surface area contributed by atoms with Crippen LogP contribution in [-0.2, 0) is 30.8 Å². The quantitative estimate of drug-likeness (QED) is 0.682. The third-order valence-electron chi connectivity index (χ3n) is 5.03. The van der Waals surface area contributed by atoms with Crippen molar-refractivity contribution in [3.63, 3.8) is 0 Å². The molecular formula is C21H23ClN2O5S. The number of esters is 1. The third-order valence-corrected chi connectivity index (χ3v) is 6.75. The fourth-order valence-electron chi connectivity index (χ4n) is 3.50. The van der Waals surface area contributed by atoms with Gasteiger partial charge < -0.3 is 9.64 Å². The number of fused-ring (bicyclic) bond motifs is 1. The van der Waals surface area contributed by atoms with Crippen molar-refractivity contribution in [3.8, 4) is 0 Å². The maximum Gasteiger partial charge on any atom is 0.307 e. The van der Waals surface area contributed by atoms with Gasteiger partial charge in [0.25, 0.3) is 0 Å². The summed E-state index contributed by atoms with van der Waals surface area (Å²) in [4.78, 5) is 25.4. The van der Waals surface area contributed by atoms with Crippen molar-refractivity contribution in [2.24, 2.45) is 0 Å². The summed E-state index contributed by atoms with van der Waals surface area (Å²) in [7, 11) is -2.69. The first-order valence-corrected chi connectivity index (χ1v) is 11.3. The monoisotopic (exact) mass is 450 g/mol. The number of carbonyl (C=O) groups excluding carboxylic acids is 2. The Labute approximate surface area is 181 Å². The topological polar surface area (TPSA) is 92.8 Å². The van der Waals surface area contributed by atoms with Gasteiger partial charge in [0.05, 0.1) is 24.5 Å². The zero-order chi connectivity index (χ0) is 21.9. The molecule has 0 spiro atoms. The van der Waals surface area contributed by atoms with Crippen molar-refractivity contribution in [1.82, 2.24) is 4.72 Å². The number of amides is 1. The lowest BCUT2D eigenvalue weighted by atomic mass is 10.0. The van der Waals surface area contributed by atoms with Crippen LogP contribution in [0.5, 0.6) is 0 Å². The molecule has 30 heavy (non-hydrogen) atoms. The SMILES string of the molecule is COC(=O)C[C@@H](NS(=O)(=O)c1ccc2c(c1)CCCN2C(C)=O)c1ccc(Cl)cc1. The summed E-state index contributed by atoms with van der Waals surface area (Å²) >= 11 is 5.92. The van der Waals surface area contributed by atoms with Gasteiger partial charge >= 0.3 is 5.97 Å². The second-order valence-electron chi connectivity index (χ2n) is 7.07. The average Bonchev–Trinajstić information content (AvgIpc) is 2.72. The normalized spacial score (nSPS) is 14.7. The van der Waals surface area contributed by atoms with E-state index in [9.17, 15) is 18.0 Å². The Bertz CT molecular complexity index is 1050. The smallest absolute Gasteiger partial charge is 0.307 e. The van der Waals surface area contributed by atoms with Gasteiger partial charge in [-0.15, -0.1) is 0 Å². The summed E-state index contributed by atoms with van der Waals surface area (Å²) in [5, 5.41) is 0.503. The van der Waals surface area contributed by atoms with Gasteiger partial charge in [-0.3, -0.25) is 9.59 Å². The van der Waals surface area contributed by atoms with Crippen LogP contribution in [0.25, 0.3) is 0 Å². The number of sulfonamides is 1. The number of hydrogen-bond donors (Lipinski definition) is 1. The summed E-state index contributed by atoms with van der Waals surface area (Å²) in [6.07, 6.45) is 1.28. The van der Waals surface area contributed by atoms with E-state index in [2.05, 4.69) is 4.72 Å². The zero-order valence-corrected chi connectivity index (χ0v) is 18.3. The van der Waals surface area contributed by atoms with Crippen molar-refractivity contribution in [1.29, 1.82) is 0 Å². The number of halogens is 1. The van der Waals surface area contributed by atoms with Gasteiger partial charge in [-0.05, 0) is 54.3 Å². The number of carbonyl (C=O) groups is 2. The molecule has 0 radical (unpaired) electrons. The summed E-state index contributed by atoms with van der Waals surface area (Å²) in [5.41, 5.74) is 2.13. The number of benzene rings is 2. The van der Waals surface area contributed by atoms with Crippen LogP contribution >= 0.6 is 11.6 Å². The molecule has 0 saturated heterocycles. The number of anilines is 1. The first kappa shape index (κ1) is 22.3. The number of rotatable bonds is 6. The molecule has 1 aliphatic heterocycles. The predicted molar refractivity (Wildman–Crippen MR) is 114 cm³/mol. The van der Waals surface area contributed by atoms with Crippen molar-refractivity contribution < 1.29 is 22.7 Å². The number of methoxy groups -OCH3 is 1. The number of nitrogens with zero attached hydrogens (tertiary/aromatic N) is 1. The lowest BCUT2D eigenvalue weighted by Crippen LogP contribution is -2.34. The molecule has 2 aromatic carbocycles. The molecule has 0 aliphatic carbocycles. The molecule has 9 heteroatoms. The second-order valence-corrected chi connectivity index (χ2v) is 9.22. The fourth-order valence-corrected chi connectivity index (χ4v) is 4.90. The molecule has 1 N–H and O–H groups in total. The van der Waals surface area contributed by atoms with Crippen LogP contribution < -0.4 is 9.62 Å². The molecule has 0 bridgehead atoms. The second kappa shape index (κ2) is 9.16. The van der Waals surface area contributed by atoms with Gasteiger partial charge in [0.1, 0.15) is 0 Å². The maximum atomic E-state index is 13.1. The van der Waals surface area contributed by atoms with E-state index >= 15 is 0 Å². The maximum absolute atomic E-state index is 13.1. The Morgan fingerprint density at radius 3 is 2.53 bits per heavy atom. The molecule has 160 valence electrons. The van der Waals surface area contributed by atoms with Gasteiger partial charge in [0.2, 0.25) is 15.9 Å². The average molecular weight is 451 g/mol. The molecule has 0 unspecified atom stereocenters. The summed E-state index contributed by atoms with van der Waals surface area (Å²) in [6.45, 7) is 2.11. The van der Waals surface area contributed by atoms with Crippen LogP contribution in [0.4, 0.5) is 5.69 Å². The van der Waals surface area contributed by atoms with Crippen LogP contribution in [0.15, 0.2) is 47.4 Å². The molecule has 0 aromatic heterocycles. The van der Waals surface area contributed by atoms with E-state index in [0.29, 0.717) is 23.6 Å². The molecular weight excluding hydrogens is 428 g/mol. The molecule has 1 aliphatic rings. The fraction of sp³-hybridized carbons (Fsp3) is 0.333. The van der Waals surface area contributed by atoms with E-state index in [-0.39, 0.29) is 17.2 Å². The molecule has 0 fully saturated rings. The van der Waals surface area contributed by atoms with E-state index < -0.39 is 22.0 Å². The first-order chi connectivity index (χ1) is 14.2. The van der Waals surface area contributed by atoms with Crippen LogP contribution in [-0.4, -0.2) is 33.9 Å². The number of ether oxygens (including phenoxy) is 1. The van der Waals surface area contributed by atoms with E-state index in [0.717, 1.165) is 17.7 Å². The van der Waals surface area contributed by atoms with E-state index in [1.807, 2.05) is 0 Å². The minimum atomic E-state index is -3.94. The van der Waals surface area contributed by atoms with Crippen molar-refractivity contribution in [2.75, 3.05) is 18.6 Å². The molecule has 1 heterocycles. The summed E-state index contributed by atoms with van der Waals surface area (Å²) in [5.74, 6) is -0.620. The Balaban J connectivity index is 1.91. The standard InChI is InChI=1S/C21H23ClN2O5S/c1-14(25)24-11-3-4-16-12-18(9-10-20(16)24)30(27,28)23-19(13-21(26)29-2)15-5-7-17(22)8-6-15/h5-10,12,19,23H,3-4,11,13H2,1-2H3/t19-/m1/s1. The van der Waals surface area contributed by atoms with Gasteiger partial charge in [0, 0.05) is 24.2 Å². The van der Waals surface area contributed by atoms with Crippen LogP contribution in [0.3, 0.4) is 0 Å². The molecule has 7 nitrogen and oxygen atoms in total. The Morgan fingerprint density at radius 2 is 1.90 bits per heavy atom. The summed E-state index contributed by atoms with van der Waals surface area (Å²) in [6, 6.07) is 10.5. The highest BCUT2D eigenvalue weighted by atomic mass is 35.5. The highest BCUT2D eigenvalue weighted by Gasteiger charge is 2.27. The molecule has 1 amide bonds. The molecule has 3 rings (SSSR count). The lowest BCUT2D eigenvalue weighted by molar-refractivity contribution is -0.141. The highest BCUT2D eigenvalue weighted by Crippen LogP contribution is 2.30. The van der Waals surface area contributed by atoms with Crippen molar-refractivity contribution >= 4 is 39.2 Å². The van der Waals surface area contributed by atoms with Crippen LogP contribution in [0.2, 0.25) is 5.02 Å². The number of aryl methyl sites for hydroxylation is 1. The minimum absolute atomic E-state index is 0.0782. The Hall–Kier alpha value is -2.42. The van der Waals surface area contributed by atoms with E-state index in [1.165, 1.54) is 20.1 Å². The third kappa shape index (κ3) is 5.00. The largest absolute Gasteiger partial charge is 0.469 e. The zero-order valence-electron chi connectivity index (χ0n) is 16.7. The van der Waals surface area contributed by atoms with Gasteiger partial charge in [-0.25, -0.2) is 13.1 Å². The predicted octanol–water partition coefficient (Wildman–Crippen LogP) is 3.22. The first-order valence-electron chi connectivity index (χ1n) is 9.47. The van der Waals surface area contributed by atoms with E-state index in [4.69, 9.17) is 16.3 Å². The molecule has 0 saturated carbocycles. The number of hydrogen-bond acceptors (Lipinski definition) is 5. The highest BCUT2D eigenvalue weighted by molar-refractivity contribution is 7.89. The number of nitrogens with one attached hydrogen (secondary N) is 1. The van der Waals surface area contributed by atoms with Crippen molar-refractivity contribution in [2.45, 2.75) is 37.1 Å². The van der Waals surface area contributed by atoms with Crippen molar-refractivity contribution in [3.05, 3.63) is 58.6 Å².